The molecule has 0 fully saturated rings. The van der Waals surface area contributed by atoms with Gasteiger partial charge in [0.15, 0.2) is 5.82 Å². The van der Waals surface area contributed by atoms with Crippen molar-refractivity contribution in [2.24, 2.45) is 0 Å². The lowest BCUT2D eigenvalue weighted by molar-refractivity contribution is -0.113. The Labute approximate surface area is 132 Å². The van der Waals surface area contributed by atoms with Crippen LogP contribution in [-0.4, -0.2) is 36.1 Å². The van der Waals surface area contributed by atoms with Crippen molar-refractivity contribution in [1.29, 1.82) is 0 Å². The van der Waals surface area contributed by atoms with E-state index in [-0.39, 0.29) is 11.2 Å². The highest BCUT2D eigenvalue weighted by molar-refractivity contribution is 8.00. The summed E-state index contributed by atoms with van der Waals surface area (Å²) in [5.74, 6) is 2.41. The van der Waals surface area contributed by atoms with E-state index in [1.165, 1.54) is 0 Å². The molecular formula is C15H17N3O3S. The largest absolute Gasteiger partial charge is 0.497 e. The van der Waals surface area contributed by atoms with Crippen LogP contribution in [0, 0.1) is 6.92 Å². The first-order chi connectivity index (χ1) is 10.6. The fourth-order valence-electron chi connectivity index (χ4n) is 2.55. The van der Waals surface area contributed by atoms with Gasteiger partial charge >= 0.3 is 0 Å². The SMILES string of the molecule is COc1ccc(OC)c([C@@H]2SCC(=O)Nc3n[nH]c(C)c32)c1. The van der Waals surface area contributed by atoms with Crippen molar-refractivity contribution in [3.05, 3.63) is 35.0 Å². The Morgan fingerprint density at radius 1 is 1.32 bits per heavy atom. The van der Waals surface area contributed by atoms with Crippen molar-refractivity contribution >= 4 is 23.5 Å². The molecular weight excluding hydrogens is 302 g/mol. The summed E-state index contributed by atoms with van der Waals surface area (Å²) >= 11 is 1.55. The molecule has 0 saturated carbocycles. The second kappa shape index (κ2) is 5.92. The molecule has 1 amide bonds. The molecule has 0 saturated heterocycles. The first kappa shape index (κ1) is 14.8. The number of nitrogens with zero attached hydrogens (tertiary/aromatic N) is 1. The number of anilines is 1. The Kier molecular flexibility index (Phi) is 3.98. The van der Waals surface area contributed by atoms with E-state index in [4.69, 9.17) is 9.47 Å². The minimum Gasteiger partial charge on any atom is -0.497 e. The lowest BCUT2D eigenvalue weighted by atomic mass is 10.0. The number of rotatable bonds is 3. The number of methoxy groups -OCH3 is 2. The van der Waals surface area contributed by atoms with Gasteiger partial charge in [-0.25, -0.2) is 0 Å². The lowest BCUT2D eigenvalue weighted by Crippen LogP contribution is -2.12. The highest BCUT2D eigenvalue weighted by Crippen LogP contribution is 2.46. The summed E-state index contributed by atoms with van der Waals surface area (Å²) < 4.78 is 10.8. The average molecular weight is 319 g/mol. The number of aromatic amines is 1. The van der Waals surface area contributed by atoms with Crippen LogP contribution in [0.4, 0.5) is 5.82 Å². The number of aryl methyl sites for hydroxylation is 1. The van der Waals surface area contributed by atoms with Crippen LogP contribution in [0.5, 0.6) is 11.5 Å². The minimum absolute atomic E-state index is 0.0536. The number of fused-ring (bicyclic) bond motifs is 1. The van der Waals surface area contributed by atoms with Gasteiger partial charge in [-0.1, -0.05) is 0 Å². The fourth-order valence-corrected chi connectivity index (χ4v) is 3.76. The van der Waals surface area contributed by atoms with E-state index in [1.54, 1.807) is 26.0 Å². The quantitative estimate of drug-likeness (QED) is 0.909. The Balaban J connectivity index is 2.15. The lowest BCUT2D eigenvalue weighted by Gasteiger charge is -2.19. The molecule has 1 aromatic heterocycles. The number of carbonyl (C=O) groups is 1. The van der Waals surface area contributed by atoms with Crippen molar-refractivity contribution < 1.29 is 14.3 Å². The van der Waals surface area contributed by atoms with E-state index < -0.39 is 0 Å². The van der Waals surface area contributed by atoms with Crippen LogP contribution in [-0.2, 0) is 4.79 Å². The molecule has 0 bridgehead atoms. The smallest absolute Gasteiger partial charge is 0.235 e. The maximum atomic E-state index is 11.9. The molecule has 6 nitrogen and oxygen atoms in total. The van der Waals surface area contributed by atoms with Gasteiger partial charge in [0.25, 0.3) is 0 Å². The predicted molar refractivity (Wildman–Crippen MR) is 85.8 cm³/mol. The topological polar surface area (TPSA) is 76.2 Å². The first-order valence-corrected chi connectivity index (χ1v) is 7.87. The van der Waals surface area contributed by atoms with Crippen molar-refractivity contribution in [3.8, 4) is 11.5 Å². The van der Waals surface area contributed by atoms with Crippen LogP contribution in [0.2, 0.25) is 0 Å². The number of nitrogens with one attached hydrogen (secondary N) is 2. The molecule has 2 N–H and O–H groups in total. The molecule has 1 aromatic carbocycles. The maximum Gasteiger partial charge on any atom is 0.235 e. The van der Waals surface area contributed by atoms with Gasteiger partial charge in [-0.2, -0.15) is 5.10 Å². The summed E-state index contributed by atoms with van der Waals surface area (Å²) in [5.41, 5.74) is 2.87. The van der Waals surface area contributed by atoms with Crippen molar-refractivity contribution in [3.63, 3.8) is 0 Å². The van der Waals surface area contributed by atoms with E-state index >= 15 is 0 Å². The van der Waals surface area contributed by atoms with Gasteiger partial charge in [0.1, 0.15) is 11.5 Å². The second-order valence-corrected chi connectivity index (χ2v) is 6.05. The fraction of sp³-hybridized carbons (Fsp3) is 0.333. The van der Waals surface area contributed by atoms with Gasteiger partial charge < -0.3 is 14.8 Å². The van der Waals surface area contributed by atoms with E-state index in [0.717, 1.165) is 28.3 Å². The number of thioether (sulfide) groups is 1. The summed E-state index contributed by atoms with van der Waals surface area (Å²) in [4.78, 5) is 11.9. The number of hydrogen-bond acceptors (Lipinski definition) is 5. The average Bonchev–Trinajstić information content (AvgIpc) is 2.79. The predicted octanol–water partition coefficient (Wildman–Crippen LogP) is 2.51. The summed E-state index contributed by atoms with van der Waals surface area (Å²) in [7, 11) is 3.27. The van der Waals surface area contributed by atoms with Crippen molar-refractivity contribution in [2.45, 2.75) is 12.2 Å². The third-order valence-corrected chi connectivity index (χ3v) is 4.87. The molecule has 0 unspecified atom stereocenters. The normalized spacial score (nSPS) is 17.4. The zero-order chi connectivity index (χ0) is 15.7. The Morgan fingerprint density at radius 2 is 2.14 bits per heavy atom. The number of hydrogen-bond donors (Lipinski definition) is 2. The molecule has 22 heavy (non-hydrogen) atoms. The zero-order valence-electron chi connectivity index (χ0n) is 12.6. The van der Waals surface area contributed by atoms with Crippen LogP contribution in [0.15, 0.2) is 18.2 Å². The molecule has 116 valence electrons. The molecule has 2 aromatic rings. The number of aromatic nitrogens is 2. The van der Waals surface area contributed by atoms with Gasteiger partial charge in [0, 0.05) is 16.8 Å². The number of ether oxygens (including phenoxy) is 2. The molecule has 0 spiro atoms. The number of carbonyl (C=O) groups excluding carboxylic acids is 1. The van der Waals surface area contributed by atoms with Gasteiger partial charge in [-0.3, -0.25) is 9.89 Å². The van der Waals surface area contributed by atoms with E-state index in [2.05, 4.69) is 15.5 Å². The second-order valence-electron chi connectivity index (χ2n) is 4.96. The third-order valence-electron chi connectivity index (χ3n) is 3.61. The Morgan fingerprint density at radius 3 is 2.86 bits per heavy atom. The van der Waals surface area contributed by atoms with E-state index in [0.29, 0.717) is 11.6 Å². The molecule has 1 aliphatic rings. The van der Waals surface area contributed by atoms with Crippen molar-refractivity contribution in [2.75, 3.05) is 25.3 Å². The van der Waals surface area contributed by atoms with Crippen LogP contribution in [0.1, 0.15) is 22.1 Å². The monoisotopic (exact) mass is 319 g/mol. The van der Waals surface area contributed by atoms with E-state index in [1.807, 2.05) is 25.1 Å². The highest BCUT2D eigenvalue weighted by Gasteiger charge is 2.30. The molecule has 2 heterocycles. The molecule has 3 rings (SSSR count). The summed E-state index contributed by atoms with van der Waals surface area (Å²) in [6.07, 6.45) is 0. The Hall–Kier alpha value is -2.15. The first-order valence-electron chi connectivity index (χ1n) is 6.82. The third kappa shape index (κ3) is 2.52. The van der Waals surface area contributed by atoms with Gasteiger partial charge in [0.05, 0.1) is 25.2 Å². The van der Waals surface area contributed by atoms with Gasteiger partial charge in [-0.05, 0) is 25.1 Å². The molecule has 1 aliphatic heterocycles. The molecule has 7 heteroatoms. The summed E-state index contributed by atoms with van der Waals surface area (Å²) in [5, 5.41) is 9.92. The number of benzene rings is 1. The minimum atomic E-state index is -0.0576. The standard InChI is InChI=1S/C15H17N3O3S/c1-8-13-14(22-7-12(19)16-15(13)18-17-8)10-6-9(20-2)4-5-11(10)21-3/h4-6,14H,7H2,1-3H3,(H2,16,17,18,19)/t14-/m0/s1. The van der Waals surface area contributed by atoms with Crippen molar-refractivity contribution in [1.82, 2.24) is 10.2 Å². The van der Waals surface area contributed by atoms with E-state index in [9.17, 15) is 4.79 Å². The maximum absolute atomic E-state index is 11.9. The Bertz CT molecular complexity index is 714. The molecule has 0 radical (unpaired) electrons. The zero-order valence-corrected chi connectivity index (χ0v) is 13.4. The van der Waals surface area contributed by atoms with Crippen LogP contribution >= 0.6 is 11.8 Å². The van der Waals surface area contributed by atoms with Gasteiger partial charge in [-0.15, -0.1) is 11.8 Å². The number of amides is 1. The van der Waals surface area contributed by atoms with Crippen LogP contribution in [0.25, 0.3) is 0 Å². The molecule has 0 aliphatic carbocycles. The summed E-state index contributed by atoms with van der Waals surface area (Å²) in [6, 6.07) is 5.68. The molecule has 1 atom stereocenters. The highest BCUT2D eigenvalue weighted by atomic mass is 32.2. The van der Waals surface area contributed by atoms with Crippen LogP contribution < -0.4 is 14.8 Å². The van der Waals surface area contributed by atoms with Gasteiger partial charge in [0.2, 0.25) is 5.91 Å². The van der Waals surface area contributed by atoms with Crippen LogP contribution in [0.3, 0.4) is 0 Å². The number of H-pyrrole nitrogens is 1. The summed E-state index contributed by atoms with van der Waals surface area (Å²) in [6.45, 7) is 1.95.